The summed E-state index contributed by atoms with van der Waals surface area (Å²) >= 11 is 0. The van der Waals surface area contributed by atoms with Crippen LogP contribution in [-0.2, 0) is 22.8 Å². The molecule has 1 N–H and O–H groups in total. The van der Waals surface area contributed by atoms with Gasteiger partial charge in [0.15, 0.2) is 16.6 Å². The third-order valence-corrected chi connectivity index (χ3v) is 26.1. The maximum Gasteiger partial charge on any atom is 0.331 e. The van der Waals surface area contributed by atoms with Crippen LogP contribution in [0.15, 0.2) is 121 Å². The fourth-order valence-corrected chi connectivity index (χ4v) is 16.0. The molecule has 1 aliphatic rings. The van der Waals surface area contributed by atoms with E-state index in [0.29, 0.717) is 19.4 Å². The van der Waals surface area contributed by atoms with Crippen molar-refractivity contribution in [2.75, 3.05) is 6.61 Å². The number of hydrogen-bond acceptors (Lipinski definition) is 6. The quantitative estimate of drug-likeness (QED) is 0.0621. The molecule has 0 amide bonds. The lowest BCUT2D eigenvalue weighted by atomic mass is 9.93. The highest BCUT2D eigenvalue weighted by Crippen LogP contribution is 2.40. The molecule has 0 spiro atoms. The van der Waals surface area contributed by atoms with Crippen LogP contribution in [0.3, 0.4) is 0 Å². The summed E-state index contributed by atoms with van der Waals surface area (Å²) in [4.78, 5) is 12.0. The van der Waals surface area contributed by atoms with Crippen molar-refractivity contribution in [3.05, 3.63) is 121 Å². The lowest BCUT2D eigenvalue weighted by Crippen LogP contribution is -2.66. The molecule has 0 saturated heterocycles. The molecule has 0 bridgehead atoms. The van der Waals surface area contributed by atoms with Crippen molar-refractivity contribution in [2.45, 2.75) is 147 Å². The van der Waals surface area contributed by atoms with Crippen molar-refractivity contribution in [1.82, 2.24) is 0 Å². The van der Waals surface area contributed by atoms with Gasteiger partial charge in [0, 0.05) is 18.9 Å². The normalized spacial score (nSPS) is 18.6. The van der Waals surface area contributed by atoms with E-state index in [1.165, 1.54) is 16.4 Å². The van der Waals surface area contributed by atoms with Gasteiger partial charge in [-0.3, -0.25) is 0 Å². The minimum Gasteiger partial charge on any atom is -0.455 e. The fraction of sp³-hybridized carbons (Fsp3) is 0.511. The first kappa shape index (κ1) is 47.5. The Hall–Kier alpha value is -2.90. The number of ether oxygens (including phenoxy) is 1. The second-order valence-corrected chi connectivity index (χ2v) is 31.6. The molecule has 0 unspecified atom stereocenters. The van der Waals surface area contributed by atoms with Gasteiger partial charge in [0.25, 0.3) is 8.32 Å². The van der Waals surface area contributed by atoms with E-state index in [0.717, 1.165) is 18.1 Å². The highest BCUT2D eigenvalue weighted by atomic mass is 28.4. The molecule has 56 heavy (non-hydrogen) atoms. The smallest absolute Gasteiger partial charge is 0.331 e. The van der Waals surface area contributed by atoms with E-state index in [1.807, 2.05) is 49.5 Å². The van der Waals surface area contributed by atoms with Crippen LogP contribution < -0.4 is 10.4 Å². The summed E-state index contributed by atoms with van der Waals surface area (Å²) in [6.07, 6.45) is 18.7. The molecular weight excluding hydrogens is 745 g/mol. The van der Waals surface area contributed by atoms with Gasteiger partial charge in [-0.25, -0.2) is 4.79 Å². The fourth-order valence-electron chi connectivity index (χ4n) is 7.16. The number of rotatable bonds is 20. The Morgan fingerprint density at radius 1 is 0.821 bits per heavy atom. The van der Waals surface area contributed by atoms with E-state index >= 15 is 0 Å². The minimum atomic E-state index is -2.61. The third-order valence-electron chi connectivity index (χ3n) is 11.9. The number of carbonyl (C=O) groups is 1. The Kier molecular flexibility index (Phi) is 17.5. The molecule has 0 aliphatic carbocycles. The Morgan fingerprint density at radius 3 is 1.88 bits per heavy atom. The van der Waals surface area contributed by atoms with Crippen LogP contribution in [0.5, 0.6) is 0 Å². The second kappa shape index (κ2) is 20.7. The lowest BCUT2D eigenvalue weighted by Gasteiger charge is -2.43. The van der Waals surface area contributed by atoms with Crippen molar-refractivity contribution in [3.8, 4) is 0 Å². The summed E-state index contributed by atoms with van der Waals surface area (Å²) in [5.41, 5.74) is -0.992. The van der Waals surface area contributed by atoms with Crippen LogP contribution in [0.1, 0.15) is 82.1 Å². The Bertz CT molecular complexity index is 1600. The molecule has 0 saturated carbocycles. The number of esters is 1. The van der Waals surface area contributed by atoms with Crippen molar-refractivity contribution >= 4 is 41.3 Å². The molecule has 9 heteroatoms. The van der Waals surface area contributed by atoms with Gasteiger partial charge in [0.1, 0.15) is 6.10 Å². The summed E-state index contributed by atoms with van der Waals surface area (Å²) in [6.45, 7) is 27.1. The van der Waals surface area contributed by atoms with E-state index in [9.17, 15) is 9.90 Å². The Balaban J connectivity index is 1.86. The lowest BCUT2D eigenvalue weighted by molar-refractivity contribution is -0.141. The van der Waals surface area contributed by atoms with E-state index in [-0.39, 0.29) is 22.1 Å². The van der Waals surface area contributed by atoms with E-state index in [4.69, 9.17) is 18.0 Å². The maximum atomic E-state index is 12.1. The predicted octanol–water partition coefficient (Wildman–Crippen LogP) is 10.6. The second-order valence-electron chi connectivity index (χ2n) is 17.8. The summed E-state index contributed by atoms with van der Waals surface area (Å²) in [5, 5.41) is 14.6. The Morgan fingerprint density at radius 2 is 1.38 bits per heavy atom. The van der Waals surface area contributed by atoms with Crippen molar-refractivity contribution < 1.29 is 27.9 Å². The first-order valence-electron chi connectivity index (χ1n) is 20.7. The number of hydrogen-bond donors (Lipinski definition) is 1. The van der Waals surface area contributed by atoms with Gasteiger partial charge < -0.3 is 23.1 Å². The first-order chi connectivity index (χ1) is 26.3. The molecule has 0 radical (unpaired) electrons. The molecule has 2 aromatic rings. The summed E-state index contributed by atoms with van der Waals surface area (Å²) in [5.74, 6) is -0.351. The topological polar surface area (TPSA) is 74.2 Å². The number of aliphatic hydroxyl groups is 1. The molecule has 6 nitrogen and oxygen atoms in total. The molecule has 1 heterocycles. The van der Waals surface area contributed by atoms with E-state index < -0.39 is 42.8 Å². The average molecular weight is 817 g/mol. The summed E-state index contributed by atoms with van der Waals surface area (Å²) in [7, 11) is -6.99. The number of cyclic esters (lactones) is 1. The highest BCUT2D eigenvalue weighted by molar-refractivity contribution is 6.99. The van der Waals surface area contributed by atoms with Gasteiger partial charge in [-0.2, -0.15) is 0 Å². The largest absolute Gasteiger partial charge is 0.455 e. The summed E-state index contributed by atoms with van der Waals surface area (Å²) in [6, 6.07) is 24.2. The molecule has 308 valence electrons. The van der Waals surface area contributed by atoms with Crippen molar-refractivity contribution in [2.24, 2.45) is 0 Å². The number of benzene rings is 2. The Labute approximate surface area is 343 Å². The van der Waals surface area contributed by atoms with E-state index in [2.05, 4.69) is 148 Å². The van der Waals surface area contributed by atoms with Gasteiger partial charge in [0.2, 0.25) is 0 Å². The molecule has 3 rings (SSSR count). The van der Waals surface area contributed by atoms with Gasteiger partial charge in [-0.1, -0.05) is 172 Å². The maximum absolute atomic E-state index is 12.1. The number of allylic oxidation sites excluding steroid dienone is 4. The zero-order valence-corrected chi connectivity index (χ0v) is 39.5. The monoisotopic (exact) mass is 816 g/mol. The standard InChI is InChI=1S/C47H72O6Si3/c1-13-55(14-2,15-3)53-47(10,36-35-39-29-27-34-44(49)51-39)43(48)38-40(52-54(11,12)45(4,5)6)28-21-17-16-18-26-37-50-56(46(7,8)9,41-30-22-19-23-31-41)42-32-24-20-25-33-42/h16-28,30-36,39-40,43,48H,13-15,29,37-38H2,1-12H3/b17-16+,26-18+,28-21-,36-35?/t39-,40+,43-,47+/m1/s1. The van der Waals surface area contributed by atoms with E-state index in [1.54, 1.807) is 0 Å². The van der Waals surface area contributed by atoms with Crippen LogP contribution in [-0.4, -0.2) is 66.5 Å². The molecule has 1 aliphatic heterocycles. The van der Waals surface area contributed by atoms with Crippen molar-refractivity contribution in [1.29, 1.82) is 0 Å². The SMILES string of the molecule is CC[Si](CC)(CC)O[C@@](C)(C=C[C@H]1CC=CC(=O)O1)[C@H](O)C[C@H](\C=C/C=C/C=C/CO[Si](c1ccccc1)(c1ccccc1)C(C)(C)C)O[Si](C)(C)C(C)(C)C. The minimum absolute atomic E-state index is 0.0134. The molecule has 0 aromatic heterocycles. The van der Waals surface area contributed by atoms with Crippen LogP contribution in [0.2, 0.25) is 41.3 Å². The van der Waals surface area contributed by atoms with Gasteiger partial charge in [-0.15, -0.1) is 0 Å². The highest BCUT2D eigenvalue weighted by Gasteiger charge is 2.50. The average Bonchev–Trinajstić information content (AvgIpc) is 3.15. The molecular formula is C47H72O6Si3. The number of carbonyl (C=O) groups excluding carboxylic acids is 1. The van der Waals surface area contributed by atoms with Crippen LogP contribution >= 0.6 is 0 Å². The third kappa shape index (κ3) is 12.5. The predicted molar refractivity (Wildman–Crippen MR) is 243 cm³/mol. The van der Waals surface area contributed by atoms with Gasteiger partial charge >= 0.3 is 5.97 Å². The van der Waals surface area contributed by atoms with Gasteiger partial charge in [-0.05, 0) is 64.7 Å². The zero-order chi connectivity index (χ0) is 41.7. The molecule has 2 aromatic carbocycles. The van der Waals surface area contributed by atoms with Crippen LogP contribution in [0, 0.1) is 0 Å². The van der Waals surface area contributed by atoms with Gasteiger partial charge in [0.05, 0.1) is 24.4 Å². The van der Waals surface area contributed by atoms with Crippen LogP contribution in [0.25, 0.3) is 0 Å². The molecule has 4 atom stereocenters. The summed E-state index contributed by atoms with van der Waals surface area (Å²) < 4.78 is 26.6. The molecule has 0 fully saturated rings. The first-order valence-corrected chi connectivity index (χ1v) is 28.0. The zero-order valence-electron chi connectivity index (χ0n) is 36.5. The van der Waals surface area contributed by atoms with Crippen LogP contribution in [0.4, 0.5) is 0 Å². The number of aliphatic hydroxyl groups excluding tert-OH is 1. The van der Waals surface area contributed by atoms with Crippen molar-refractivity contribution in [3.63, 3.8) is 0 Å².